The van der Waals surface area contributed by atoms with Gasteiger partial charge < -0.3 is 30.4 Å². The van der Waals surface area contributed by atoms with Crippen LogP contribution < -0.4 is 11.5 Å². The summed E-state index contributed by atoms with van der Waals surface area (Å²) in [6.45, 7) is 1.07. The summed E-state index contributed by atoms with van der Waals surface area (Å²) in [7, 11) is 1.05. The molecule has 0 unspecified atom stereocenters. The molecule has 176 valence electrons. The van der Waals surface area contributed by atoms with E-state index in [1.54, 1.807) is 0 Å². The first-order valence-corrected chi connectivity index (χ1v) is 10.6. The van der Waals surface area contributed by atoms with Gasteiger partial charge in [-0.25, -0.2) is 9.18 Å². The number of carbonyl (C=O) groups is 2. The second-order valence-electron chi connectivity index (χ2n) is 8.29. The van der Waals surface area contributed by atoms with Gasteiger partial charge in [-0.05, 0) is 11.1 Å². The maximum Gasteiger partial charge on any atom is 0.347 e. The van der Waals surface area contributed by atoms with E-state index in [9.17, 15) is 9.59 Å². The fraction of sp³-hybridized carbons (Fsp3) is 0.417. The lowest BCUT2D eigenvalue weighted by Crippen LogP contribution is -2.59. The van der Waals surface area contributed by atoms with Gasteiger partial charge in [0.15, 0.2) is 5.79 Å². The van der Waals surface area contributed by atoms with E-state index in [1.165, 1.54) is 6.92 Å². The number of methoxy groups -OCH3 is 1. The summed E-state index contributed by atoms with van der Waals surface area (Å²) in [5.74, 6) is -3.63. The Hall–Kier alpha value is -2.85. The number of alkyl halides is 1. The van der Waals surface area contributed by atoms with Crippen LogP contribution in [0.5, 0.6) is 0 Å². The monoisotopic (exact) mass is 458 g/mol. The molecule has 8 nitrogen and oxygen atoms in total. The van der Waals surface area contributed by atoms with Gasteiger partial charge in [-0.15, -0.1) is 0 Å². The highest BCUT2D eigenvalue weighted by Crippen LogP contribution is 2.63. The summed E-state index contributed by atoms with van der Waals surface area (Å²) in [5.41, 5.74) is 9.25. The van der Waals surface area contributed by atoms with E-state index < -0.39 is 47.2 Å². The number of hydrogen-bond donors (Lipinski definition) is 2. The summed E-state index contributed by atoms with van der Waals surface area (Å²) in [6, 6.07) is 17.0. The average Bonchev–Trinajstić information content (AvgIpc) is 3.13. The van der Waals surface area contributed by atoms with Crippen LogP contribution >= 0.6 is 0 Å². The van der Waals surface area contributed by atoms with E-state index in [2.05, 4.69) is 4.74 Å². The Labute approximate surface area is 190 Å². The van der Waals surface area contributed by atoms with Crippen molar-refractivity contribution in [1.29, 1.82) is 0 Å². The Morgan fingerprint density at radius 1 is 1.00 bits per heavy atom. The third-order valence-electron chi connectivity index (χ3n) is 6.45. The molecule has 2 aromatic carbocycles. The van der Waals surface area contributed by atoms with Gasteiger partial charge >= 0.3 is 11.9 Å². The van der Waals surface area contributed by atoms with Crippen LogP contribution in [0.15, 0.2) is 60.7 Å². The SMILES string of the molecule is COC(=O)[C@]1(F)[C@H](N)[C@@]1(N)C1(CCOC(C)=O)O[C@@H](c2ccccc2)[C@H](c2ccccc2)O1. The van der Waals surface area contributed by atoms with Crippen LogP contribution in [0.4, 0.5) is 4.39 Å². The third-order valence-corrected chi connectivity index (χ3v) is 6.45. The molecule has 0 bridgehead atoms. The fourth-order valence-electron chi connectivity index (χ4n) is 4.63. The molecule has 4 N–H and O–H groups in total. The van der Waals surface area contributed by atoms with Crippen molar-refractivity contribution in [2.24, 2.45) is 11.5 Å². The zero-order valence-corrected chi connectivity index (χ0v) is 18.4. The lowest BCUT2D eigenvalue weighted by atomic mass is 9.97. The zero-order chi connectivity index (χ0) is 23.9. The third kappa shape index (κ3) is 3.52. The van der Waals surface area contributed by atoms with E-state index in [4.69, 9.17) is 25.7 Å². The van der Waals surface area contributed by atoms with Crippen molar-refractivity contribution in [1.82, 2.24) is 0 Å². The summed E-state index contributed by atoms with van der Waals surface area (Å²) in [6.07, 6.45) is -1.53. The highest BCUT2D eigenvalue weighted by Gasteiger charge is 2.90. The minimum absolute atomic E-state index is 0.147. The molecule has 0 spiro atoms. The summed E-state index contributed by atoms with van der Waals surface area (Å²) < 4.78 is 38.4. The number of carbonyl (C=O) groups excluding carboxylic acids is 2. The van der Waals surface area contributed by atoms with Gasteiger partial charge in [-0.3, -0.25) is 4.79 Å². The van der Waals surface area contributed by atoms with Crippen LogP contribution in [0.2, 0.25) is 0 Å². The molecule has 2 aromatic rings. The van der Waals surface area contributed by atoms with E-state index in [1.807, 2.05) is 60.7 Å². The smallest absolute Gasteiger partial charge is 0.347 e. The Morgan fingerprint density at radius 2 is 1.48 bits per heavy atom. The van der Waals surface area contributed by atoms with Crippen LogP contribution in [-0.2, 0) is 28.5 Å². The standard InChI is InChI=1S/C24H27FN2O6/c1-15(28)31-14-13-22(24(27)20(26)23(24,25)21(29)30-2)32-18(16-9-5-3-6-10-16)19(33-22)17-11-7-4-8-12-17/h3-12,18-20H,13-14,26-27H2,1-2H3/t18-,19-,20-,23+,24+/m0/s1. The van der Waals surface area contributed by atoms with Crippen molar-refractivity contribution in [3.8, 4) is 0 Å². The predicted molar refractivity (Wildman–Crippen MR) is 115 cm³/mol. The summed E-state index contributed by atoms with van der Waals surface area (Å²) >= 11 is 0. The number of esters is 2. The van der Waals surface area contributed by atoms with Crippen molar-refractivity contribution in [3.63, 3.8) is 0 Å². The molecule has 1 saturated heterocycles. The van der Waals surface area contributed by atoms with E-state index in [-0.39, 0.29) is 13.0 Å². The molecular weight excluding hydrogens is 431 g/mol. The Bertz CT molecular complexity index is 975. The Morgan fingerprint density at radius 3 is 1.91 bits per heavy atom. The average molecular weight is 458 g/mol. The van der Waals surface area contributed by atoms with Crippen molar-refractivity contribution >= 4 is 11.9 Å². The number of ether oxygens (including phenoxy) is 4. The van der Waals surface area contributed by atoms with Crippen LogP contribution in [-0.4, -0.2) is 48.7 Å². The van der Waals surface area contributed by atoms with Crippen LogP contribution in [0.25, 0.3) is 0 Å². The van der Waals surface area contributed by atoms with Crippen molar-refractivity contribution in [3.05, 3.63) is 71.8 Å². The maximum atomic E-state index is 15.9. The van der Waals surface area contributed by atoms with Gasteiger partial charge in [-0.1, -0.05) is 60.7 Å². The lowest BCUT2D eigenvalue weighted by molar-refractivity contribution is -0.219. The van der Waals surface area contributed by atoms with Crippen LogP contribution in [0.1, 0.15) is 36.7 Å². The van der Waals surface area contributed by atoms with Crippen molar-refractivity contribution < 1.29 is 32.9 Å². The van der Waals surface area contributed by atoms with Gasteiger partial charge in [0.05, 0.1) is 19.8 Å². The fourth-order valence-corrected chi connectivity index (χ4v) is 4.63. The first kappa shape index (κ1) is 23.3. The molecule has 1 aliphatic heterocycles. The number of halogens is 1. The first-order valence-electron chi connectivity index (χ1n) is 10.6. The van der Waals surface area contributed by atoms with Gasteiger partial charge in [0, 0.05) is 13.3 Å². The highest BCUT2D eigenvalue weighted by atomic mass is 19.1. The molecule has 5 atom stereocenters. The minimum Gasteiger partial charge on any atom is -0.467 e. The number of nitrogens with two attached hydrogens (primary N) is 2. The van der Waals surface area contributed by atoms with Crippen molar-refractivity contribution in [2.45, 2.75) is 48.6 Å². The van der Waals surface area contributed by atoms with Gasteiger partial charge in [-0.2, -0.15) is 0 Å². The molecule has 4 rings (SSSR count). The van der Waals surface area contributed by atoms with E-state index in [0.717, 1.165) is 18.2 Å². The molecule has 0 radical (unpaired) electrons. The molecule has 9 heteroatoms. The number of benzene rings is 2. The number of rotatable bonds is 7. The second-order valence-corrected chi connectivity index (χ2v) is 8.29. The normalized spacial score (nSPS) is 32.2. The Kier molecular flexibility index (Phi) is 6.00. The zero-order valence-electron chi connectivity index (χ0n) is 18.4. The quantitative estimate of drug-likeness (QED) is 0.605. The molecular formula is C24H27FN2O6. The molecule has 0 aromatic heterocycles. The molecule has 2 aliphatic rings. The van der Waals surface area contributed by atoms with Crippen LogP contribution in [0.3, 0.4) is 0 Å². The largest absolute Gasteiger partial charge is 0.467 e. The van der Waals surface area contributed by atoms with Gasteiger partial charge in [0.25, 0.3) is 0 Å². The molecule has 1 aliphatic carbocycles. The topological polar surface area (TPSA) is 123 Å². The summed E-state index contributed by atoms with van der Waals surface area (Å²) in [5, 5.41) is 0. The van der Waals surface area contributed by atoms with E-state index >= 15 is 4.39 Å². The van der Waals surface area contributed by atoms with Gasteiger partial charge in [0.1, 0.15) is 17.7 Å². The molecule has 1 heterocycles. The minimum atomic E-state index is -2.75. The maximum absolute atomic E-state index is 15.9. The molecule has 1 saturated carbocycles. The Balaban J connectivity index is 1.80. The predicted octanol–water partition coefficient (Wildman–Crippen LogP) is 2.08. The first-order chi connectivity index (χ1) is 15.7. The summed E-state index contributed by atoms with van der Waals surface area (Å²) in [4.78, 5) is 23.7. The molecule has 33 heavy (non-hydrogen) atoms. The molecule has 2 fully saturated rings. The van der Waals surface area contributed by atoms with Crippen molar-refractivity contribution in [2.75, 3.05) is 13.7 Å². The van der Waals surface area contributed by atoms with E-state index in [0.29, 0.717) is 0 Å². The second kappa shape index (κ2) is 8.49. The lowest BCUT2D eigenvalue weighted by Gasteiger charge is -2.35. The van der Waals surface area contributed by atoms with Gasteiger partial charge in [0.2, 0.25) is 5.67 Å². The molecule has 0 amide bonds. The highest BCUT2D eigenvalue weighted by molar-refractivity contribution is 5.89. The van der Waals surface area contributed by atoms with Crippen LogP contribution in [0, 0.1) is 0 Å². The number of hydrogen-bond acceptors (Lipinski definition) is 8.